The topological polar surface area (TPSA) is 69.2 Å². The van der Waals surface area contributed by atoms with E-state index in [1.54, 1.807) is 32.8 Å². The molecule has 1 N–H and O–H groups in total. The van der Waals surface area contributed by atoms with Crippen LogP contribution >= 0.6 is 0 Å². The van der Waals surface area contributed by atoms with Gasteiger partial charge in [0.05, 0.1) is 14.2 Å². The lowest BCUT2D eigenvalue weighted by Gasteiger charge is -2.12. The van der Waals surface area contributed by atoms with Gasteiger partial charge in [0.2, 0.25) is 0 Å². The summed E-state index contributed by atoms with van der Waals surface area (Å²) in [6, 6.07) is 11.6. The van der Waals surface area contributed by atoms with Gasteiger partial charge in [0.15, 0.2) is 17.3 Å². The van der Waals surface area contributed by atoms with Gasteiger partial charge in [-0.3, -0.25) is 9.97 Å². The SMILES string of the molecule is COc1ccc(-c2nccnc2NCCc2ccccn2)cc1OC. The fraction of sp³-hybridized carbons (Fsp3) is 0.211. The van der Waals surface area contributed by atoms with Crippen LogP contribution in [0.15, 0.2) is 55.0 Å². The molecular formula is C19H20N4O2. The molecule has 25 heavy (non-hydrogen) atoms. The lowest BCUT2D eigenvalue weighted by molar-refractivity contribution is 0.355. The first-order chi connectivity index (χ1) is 12.3. The van der Waals surface area contributed by atoms with E-state index in [-0.39, 0.29) is 0 Å². The summed E-state index contributed by atoms with van der Waals surface area (Å²) >= 11 is 0. The van der Waals surface area contributed by atoms with Crippen molar-refractivity contribution in [3.05, 3.63) is 60.7 Å². The Labute approximate surface area is 146 Å². The number of nitrogens with zero attached hydrogens (tertiary/aromatic N) is 3. The largest absolute Gasteiger partial charge is 0.493 e. The molecule has 2 heterocycles. The first kappa shape index (κ1) is 16.7. The van der Waals surface area contributed by atoms with Crippen LogP contribution in [0, 0.1) is 0 Å². The van der Waals surface area contributed by atoms with Gasteiger partial charge in [-0.05, 0) is 30.3 Å². The normalized spacial score (nSPS) is 10.3. The number of anilines is 1. The van der Waals surface area contributed by atoms with Gasteiger partial charge in [0, 0.05) is 42.8 Å². The second-order valence-electron chi connectivity index (χ2n) is 5.32. The van der Waals surface area contributed by atoms with Gasteiger partial charge in [-0.1, -0.05) is 6.07 Å². The third-order valence-corrected chi connectivity index (χ3v) is 3.75. The van der Waals surface area contributed by atoms with Gasteiger partial charge in [-0.2, -0.15) is 0 Å². The van der Waals surface area contributed by atoms with Crippen molar-refractivity contribution in [2.45, 2.75) is 6.42 Å². The Balaban J connectivity index is 1.79. The van der Waals surface area contributed by atoms with Gasteiger partial charge in [0.25, 0.3) is 0 Å². The van der Waals surface area contributed by atoms with Crippen molar-refractivity contribution in [3.8, 4) is 22.8 Å². The molecular weight excluding hydrogens is 316 g/mol. The number of aromatic nitrogens is 3. The molecule has 3 aromatic rings. The third-order valence-electron chi connectivity index (χ3n) is 3.75. The lowest BCUT2D eigenvalue weighted by atomic mass is 10.1. The van der Waals surface area contributed by atoms with E-state index >= 15 is 0 Å². The molecule has 6 nitrogen and oxygen atoms in total. The zero-order valence-electron chi connectivity index (χ0n) is 14.3. The van der Waals surface area contributed by atoms with E-state index in [9.17, 15) is 0 Å². The van der Waals surface area contributed by atoms with E-state index in [2.05, 4.69) is 20.3 Å². The van der Waals surface area contributed by atoms with Crippen molar-refractivity contribution in [3.63, 3.8) is 0 Å². The molecule has 2 aromatic heterocycles. The molecule has 0 unspecified atom stereocenters. The average molecular weight is 336 g/mol. The minimum atomic E-state index is 0.657. The first-order valence-corrected chi connectivity index (χ1v) is 7.99. The smallest absolute Gasteiger partial charge is 0.161 e. The van der Waals surface area contributed by atoms with E-state index in [0.717, 1.165) is 35.7 Å². The molecule has 0 aliphatic rings. The van der Waals surface area contributed by atoms with E-state index in [4.69, 9.17) is 9.47 Å². The van der Waals surface area contributed by atoms with Crippen molar-refractivity contribution in [1.82, 2.24) is 15.0 Å². The molecule has 0 atom stereocenters. The average Bonchev–Trinajstić information content (AvgIpc) is 2.68. The van der Waals surface area contributed by atoms with Crippen LogP contribution in [0.4, 0.5) is 5.82 Å². The van der Waals surface area contributed by atoms with Gasteiger partial charge >= 0.3 is 0 Å². The molecule has 6 heteroatoms. The highest BCUT2D eigenvalue weighted by Gasteiger charge is 2.11. The van der Waals surface area contributed by atoms with E-state index in [1.165, 1.54) is 0 Å². The molecule has 0 saturated carbocycles. The maximum absolute atomic E-state index is 5.38. The Morgan fingerprint density at radius 2 is 1.72 bits per heavy atom. The molecule has 0 spiro atoms. The molecule has 0 saturated heterocycles. The van der Waals surface area contributed by atoms with Crippen LogP contribution in [0.2, 0.25) is 0 Å². The summed E-state index contributed by atoms with van der Waals surface area (Å²) in [5.41, 5.74) is 2.71. The summed E-state index contributed by atoms with van der Waals surface area (Å²) in [6.45, 7) is 0.718. The standard InChI is InChI=1S/C19H20N4O2/c1-24-16-7-6-14(13-17(16)25-2)18-19(23-12-11-21-18)22-10-8-15-5-3-4-9-20-15/h3-7,9,11-13H,8,10H2,1-2H3,(H,22,23). The fourth-order valence-electron chi connectivity index (χ4n) is 2.52. The lowest BCUT2D eigenvalue weighted by Crippen LogP contribution is -2.09. The van der Waals surface area contributed by atoms with Crippen molar-refractivity contribution in [2.24, 2.45) is 0 Å². The molecule has 128 valence electrons. The number of hydrogen-bond donors (Lipinski definition) is 1. The quantitative estimate of drug-likeness (QED) is 0.714. The maximum Gasteiger partial charge on any atom is 0.161 e. The fourth-order valence-corrected chi connectivity index (χ4v) is 2.52. The van der Waals surface area contributed by atoms with Crippen molar-refractivity contribution < 1.29 is 9.47 Å². The van der Waals surface area contributed by atoms with Crippen molar-refractivity contribution >= 4 is 5.82 Å². The Hall–Kier alpha value is -3.15. The minimum absolute atomic E-state index is 0.657. The van der Waals surface area contributed by atoms with Gasteiger partial charge in [-0.15, -0.1) is 0 Å². The summed E-state index contributed by atoms with van der Waals surface area (Å²) in [6.07, 6.45) is 5.96. The highest BCUT2D eigenvalue weighted by molar-refractivity contribution is 5.73. The third kappa shape index (κ3) is 4.03. The van der Waals surface area contributed by atoms with Crippen molar-refractivity contribution in [2.75, 3.05) is 26.1 Å². The highest BCUT2D eigenvalue weighted by Crippen LogP contribution is 2.33. The molecule has 3 rings (SSSR count). The Morgan fingerprint density at radius 1 is 0.880 bits per heavy atom. The van der Waals surface area contributed by atoms with E-state index < -0.39 is 0 Å². The molecule has 0 aliphatic heterocycles. The molecule has 0 fully saturated rings. The van der Waals surface area contributed by atoms with Crippen LogP contribution in [0.3, 0.4) is 0 Å². The van der Waals surface area contributed by atoms with Gasteiger partial charge in [-0.25, -0.2) is 4.98 Å². The van der Waals surface area contributed by atoms with E-state index in [1.807, 2.05) is 36.4 Å². The summed E-state index contributed by atoms with van der Waals surface area (Å²) < 4.78 is 10.7. The number of ether oxygens (including phenoxy) is 2. The molecule has 0 aliphatic carbocycles. The summed E-state index contributed by atoms with van der Waals surface area (Å²) in [7, 11) is 3.23. The van der Waals surface area contributed by atoms with Crippen LogP contribution < -0.4 is 14.8 Å². The Bertz CT molecular complexity index is 825. The monoisotopic (exact) mass is 336 g/mol. The number of rotatable bonds is 7. The zero-order valence-corrected chi connectivity index (χ0v) is 14.3. The first-order valence-electron chi connectivity index (χ1n) is 7.99. The molecule has 1 aromatic carbocycles. The zero-order chi connectivity index (χ0) is 17.5. The number of pyridine rings is 1. The number of hydrogen-bond acceptors (Lipinski definition) is 6. The van der Waals surface area contributed by atoms with Crippen LogP contribution in [0.1, 0.15) is 5.69 Å². The predicted molar refractivity (Wildman–Crippen MR) is 97.0 cm³/mol. The summed E-state index contributed by atoms with van der Waals surface area (Å²) in [5, 5.41) is 3.34. The predicted octanol–water partition coefficient (Wildman–Crippen LogP) is 3.21. The maximum atomic E-state index is 5.38. The van der Waals surface area contributed by atoms with Gasteiger partial charge < -0.3 is 14.8 Å². The second kappa shape index (κ2) is 8.10. The van der Waals surface area contributed by atoms with Crippen LogP contribution in [0.5, 0.6) is 11.5 Å². The number of methoxy groups -OCH3 is 2. The van der Waals surface area contributed by atoms with Crippen molar-refractivity contribution in [1.29, 1.82) is 0 Å². The number of nitrogens with one attached hydrogen (secondary N) is 1. The van der Waals surface area contributed by atoms with E-state index in [0.29, 0.717) is 11.5 Å². The number of benzene rings is 1. The molecule has 0 radical (unpaired) electrons. The van der Waals surface area contributed by atoms with Crippen LogP contribution in [0.25, 0.3) is 11.3 Å². The molecule has 0 amide bonds. The summed E-state index contributed by atoms with van der Waals surface area (Å²) in [4.78, 5) is 13.2. The van der Waals surface area contributed by atoms with Crippen LogP contribution in [-0.2, 0) is 6.42 Å². The Kier molecular flexibility index (Phi) is 5.41. The molecule has 0 bridgehead atoms. The van der Waals surface area contributed by atoms with Crippen LogP contribution in [-0.4, -0.2) is 35.7 Å². The highest BCUT2D eigenvalue weighted by atomic mass is 16.5. The van der Waals surface area contributed by atoms with Gasteiger partial charge in [0.1, 0.15) is 5.69 Å². The second-order valence-corrected chi connectivity index (χ2v) is 5.32. The minimum Gasteiger partial charge on any atom is -0.493 e. The Morgan fingerprint density at radius 3 is 2.48 bits per heavy atom. The summed E-state index contributed by atoms with van der Waals surface area (Å²) in [5.74, 6) is 2.07.